The molecule has 1 fully saturated rings. The molecular formula is C16H29N. The highest BCUT2D eigenvalue weighted by molar-refractivity contribution is 5.01. The molecule has 1 heteroatoms. The summed E-state index contributed by atoms with van der Waals surface area (Å²) in [5.41, 5.74) is 0.0528. The Labute approximate surface area is 108 Å². The maximum atomic E-state index is 9.42. The Bertz CT molecular complexity index is 230. The molecule has 1 saturated carbocycles. The summed E-state index contributed by atoms with van der Waals surface area (Å²) in [4.78, 5) is 0. The summed E-state index contributed by atoms with van der Waals surface area (Å²) in [6.07, 6.45) is 14.0. The van der Waals surface area contributed by atoms with Crippen molar-refractivity contribution in [1.29, 1.82) is 5.26 Å². The van der Waals surface area contributed by atoms with Gasteiger partial charge in [0.1, 0.15) is 0 Å². The molecule has 1 nitrogen and oxygen atoms in total. The number of unbranched alkanes of at least 4 members (excludes halogenated alkanes) is 5. The number of hydrogen-bond donors (Lipinski definition) is 0. The van der Waals surface area contributed by atoms with E-state index >= 15 is 0 Å². The van der Waals surface area contributed by atoms with E-state index in [0.29, 0.717) is 0 Å². The van der Waals surface area contributed by atoms with Crippen molar-refractivity contribution in [3.05, 3.63) is 0 Å². The highest BCUT2D eigenvalue weighted by Gasteiger charge is 2.33. The number of rotatable bonds is 7. The van der Waals surface area contributed by atoms with E-state index in [0.717, 1.165) is 25.2 Å². The molecule has 0 N–H and O–H groups in total. The molecule has 1 aliphatic carbocycles. The molecule has 0 aromatic rings. The fourth-order valence-electron chi connectivity index (χ4n) is 2.98. The van der Waals surface area contributed by atoms with Crippen LogP contribution in [0.5, 0.6) is 0 Å². The van der Waals surface area contributed by atoms with Crippen LogP contribution in [0, 0.1) is 22.7 Å². The average molecular weight is 235 g/mol. The van der Waals surface area contributed by atoms with E-state index in [1.165, 1.54) is 51.4 Å². The van der Waals surface area contributed by atoms with Gasteiger partial charge in [0.2, 0.25) is 0 Å². The third-order valence-electron chi connectivity index (χ3n) is 4.48. The SMILES string of the molecule is CCCCCCCCC1(C#N)CCC(C)CC1. The van der Waals surface area contributed by atoms with Crippen LogP contribution in [0.15, 0.2) is 0 Å². The number of nitrogens with zero attached hydrogens (tertiary/aromatic N) is 1. The lowest BCUT2D eigenvalue weighted by atomic mass is 9.69. The molecule has 0 aliphatic heterocycles. The first-order valence-electron chi connectivity index (χ1n) is 7.64. The fourth-order valence-corrected chi connectivity index (χ4v) is 2.98. The van der Waals surface area contributed by atoms with Gasteiger partial charge in [-0.2, -0.15) is 5.26 Å². The summed E-state index contributed by atoms with van der Waals surface area (Å²) in [5.74, 6) is 0.848. The minimum atomic E-state index is 0.0528. The molecule has 0 spiro atoms. The Morgan fingerprint density at radius 1 is 1.06 bits per heavy atom. The largest absolute Gasteiger partial charge is 0.198 e. The van der Waals surface area contributed by atoms with Crippen LogP contribution in [0.25, 0.3) is 0 Å². The highest BCUT2D eigenvalue weighted by Crippen LogP contribution is 2.42. The van der Waals surface area contributed by atoms with Gasteiger partial charge in [0.05, 0.1) is 11.5 Å². The molecule has 0 unspecified atom stereocenters. The summed E-state index contributed by atoms with van der Waals surface area (Å²) in [6, 6.07) is 2.64. The van der Waals surface area contributed by atoms with Crippen LogP contribution in [0.3, 0.4) is 0 Å². The van der Waals surface area contributed by atoms with Crippen LogP contribution >= 0.6 is 0 Å². The molecule has 0 heterocycles. The van der Waals surface area contributed by atoms with Crippen LogP contribution in [0.2, 0.25) is 0 Å². The molecule has 0 saturated heterocycles. The molecule has 0 radical (unpaired) electrons. The normalized spacial score (nSPS) is 28.9. The van der Waals surface area contributed by atoms with Crippen molar-refractivity contribution >= 4 is 0 Å². The minimum Gasteiger partial charge on any atom is -0.198 e. The molecule has 0 bridgehead atoms. The molecule has 0 aromatic heterocycles. The Morgan fingerprint density at radius 3 is 2.24 bits per heavy atom. The highest BCUT2D eigenvalue weighted by atomic mass is 14.4. The zero-order valence-electron chi connectivity index (χ0n) is 11.8. The molecular weight excluding hydrogens is 206 g/mol. The zero-order chi connectivity index (χ0) is 12.6. The van der Waals surface area contributed by atoms with Gasteiger partial charge in [0.25, 0.3) is 0 Å². The summed E-state index contributed by atoms with van der Waals surface area (Å²) >= 11 is 0. The molecule has 1 rings (SSSR count). The smallest absolute Gasteiger partial charge is 0.0689 e. The van der Waals surface area contributed by atoms with E-state index in [1.807, 2.05) is 0 Å². The topological polar surface area (TPSA) is 23.8 Å². The minimum absolute atomic E-state index is 0.0528. The van der Waals surface area contributed by atoms with E-state index < -0.39 is 0 Å². The van der Waals surface area contributed by atoms with Crippen molar-refractivity contribution in [2.75, 3.05) is 0 Å². The Kier molecular flexibility index (Phi) is 6.63. The van der Waals surface area contributed by atoms with Crippen LogP contribution in [-0.4, -0.2) is 0 Å². The lowest BCUT2D eigenvalue weighted by molar-refractivity contribution is 0.201. The van der Waals surface area contributed by atoms with Crippen molar-refractivity contribution in [2.24, 2.45) is 11.3 Å². The maximum absolute atomic E-state index is 9.42. The van der Waals surface area contributed by atoms with Gasteiger partial charge in [0.15, 0.2) is 0 Å². The molecule has 98 valence electrons. The van der Waals surface area contributed by atoms with Gasteiger partial charge < -0.3 is 0 Å². The predicted molar refractivity (Wildman–Crippen MR) is 73.7 cm³/mol. The summed E-state index contributed by atoms with van der Waals surface area (Å²) in [5, 5.41) is 9.42. The zero-order valence-corrected chi connectivity index (χ0v) is 11.8. The van der Waals surface area contributed by atoms with Crippen molar-refractivity contribution in [3.63, 3.8) is 0 Å². The molecule has 0 atom stereocenters. The van der Waals surface area contributed by atoms with Crippen molar-refractivity contribution in [3.8, 4) is 6.07 Å². The second-order valence-corrected chi connectivity index (χ2v) is 6.09. The van der Waals surface area contributed by atoms with Crippen molar-refractivity contribution in [1.82, 2.24) is 0 Å². The monoisotopic (exact) mass is 235 g/mol. The Hall–Kier alpha value is -0.510. The second-order valence-electron chi connectivity index (χ2n) is 6.09. The standard InChI is InChI=1S/C16H29N/c1-3-4-5-6-7-8-11-16(14-17)12-9-15(2)10-13-16/h15H,3-13H2,1-2H3. The second kappa shape index (κ2) is 7.75. The molecule has 0 amide bonds. The van der Waals surface area contributed by atoms with E-state index in [2.05, 4.69) is 19.9 Å². The molecule has 17 heavy (non-hydrogen) atoms. The van der Waals surface area contributed by atoms with Gasteiger partial charge in [-0.1, -0.05) is 52.4 Å². The van der Waals surface area contributed by atoms with Crippen molar-refractivity contribution in [2.45, 2.75) is 84.5 Å². The van der Waals surface area contributed by atoms with E-state index in [1.54, 1.807) is 0 Å². The van der Waals surface area contributed by atoms with Crippen LogP contribution in [0.1, 0.15) is 84.5 Å². The quantitative estimate of drug-likeness (QED) is 0.538. The maximum Gasteiger partial charge on any atom is 0.0689 e. The summed E-state index contributed by atoms with van der Waals surface area (Å²) in [7, 11) is 0. The average Bonchev–Trinajstić information content (AvgIpc) is 2.36. The van der Waals surface area contributed by atoms with Crippen LogP contribution < -0.4 is 0 Å². The summed E-state index contributed by atoms with van der Waals surface area (Å²) < 4.78 is 0. The van der Waals surface area contributed by atoms with Gasteiger partial charge in [-0.25, -0.2) is 0 Å². The number of hydrogen-bond acceptors (Lipinski definition) is 1. The number of nitriles is 1. The Balaban J connectivity index is 2.17. The van der Waals surface area contributed by atoms with Crippen LogP contribution in [-0.2, 0) is 0 Å². The van der Waals surface area contributed by atoms with Gasteiger partial charge >= 0.3 is 0 Å². The first-order chi connectivity index (χ1) is 8.22. The van der Waals surface area contributed by atoms with Gasteiger partial charge in [-0.15, -0.1) is 0 Å². The van der Waals surface area contributed by atoms with Crippen LogP contribution in [0.4, 0.5) is 0 Å². The lowest BCUT2D eigenvalue weighted by Crippen LogP contribution is -2.25. The fraction of sp³-hybridized carbons (Fsp3) is 0.938. The third-order valence-corrected chi connectivity index (χ3v) is 4.48. The van der Waals surface area contributed by atoms with Gasteiger partial charge in [-0.05, 0) is 38.0 Å². The Morgan fingerprint density at radius 2 is 1.65 bits per heavy atom. The lowest BCUT2D eigenvalue weighted by Gasteiger charge is -2.33. The van der Waals surface area contributed by atoms with E-state index in [-0.39, 0.29) is 5.41 Å². The predicted octanol–water partition coefficient (Wildman–Crippen LogP) is 5.46. The van der Waals surface area contributed by atoms with Crippen molar-refractivity contribution < 1.29 is 0 Å². The van der Waals surface area contributed by atoms with E-state index in [4.69, 9.17) is 0 Å². The first-order valence-corrected chi connectivity index (χ1v) is 7.64. The summed E-state index contributed by atoms with van der Waals surface area (Å²) in [6.45, 7) is 4.58. The first kappa shape index (κ1) is 14.6. The molecule has 1 aliphatic rings. The van der Waals surface area contributed by atoms with E-state index in [9.17, 15) is 5.26 Å². The third kappa shape index (κ3) is 5.11. The molecule has 0 aromatic carbocycles. The van der Waals surface area contributed by atoms with Gasteiger partial charge in [-0.3, -0.25) is 0 Å². The van der Waals surface area contributed by atoms with Gasteiger partial charge in [0, 0.05) is 0 Å².